The first-order valence-electron chi connectivity index (χ1n) is 10.5. The van der Waals surface area contributed by atoms with Crippen LogP contribution in [0.1, 0.15) is 47.6 Å². The van der Waals surface area contributed by atoms with E-state index in [1.54, 1.807) is 24.3 Å². The monoisotopic (exact) mass is 441 g/mol. The summed E-state index contributed by atoms with van der Waals surface area (Å²) in [5.74, 6) is -1.77. The van der Waals surface area contributed by atoms with Crippen molar-refractivity contribution in [2.75, 3.05) is 0 Å². The van der Waals surface area contributed by atoms with E-state index in [2.05, 4.69) is 6.92 Å². The summed E-state index contributed by atoms with van der Waals surface area (Å²) in [6, 6.07) is 16.1. The van der Waals surface area contributed by atoms with Gasteiger partial charge in [0, 0.05) is 0 Å². The molecule has 3 aromatic rings. The third-order valence-electron chi connectivity index (χ3n) is 5.19. The first kappa shape index (κ1) is 23.3. The van der Waals surface area contributed by atoms with Crippen LogP contribution in [0.2, 0.25) is 0 Å². The van der Waals surface area contributed by atoms with Gasteiger partial charge in [-0.25, -0.2) is 8.78 Å². The molecule has 0 fully saturated rings. The normalized spacial score (nSPS) is 11.2. The van der Waals surface area contributed by atoms with E-state index in [9.17, 15) is 17.6 Å². The van der Waals surface area contributed by atoms with Crippen molar-refractivity contribution in [2.45, 2.75) is 45.1 Å². The Labute approximate surface area is 185 Å². The van der Waals surface area contributed by atoms with Gasteiger partial charge in [0.05, 0.1) is 5.56 Å². The summed E-state index contributed by atoms with van der Waals surface area (Å²) in [6.07, 6.45) is 0.210. The number of halogens is 4. The maximum Gasteiger partial charge on any atom is 0.426 e. The Morgan fingerprint density at radius 3 is 1.91 bits per heavy atom. The van der Waals surface area contributed by atoms with Crippen LogP contribution in [0.3, 0.4) is 0 Å². The molecule has 0 saturated heterocycles. The van der Waals surface area contributed by atoms with Gasteiger partial charge < -0.3 is 4.74 Å². The third-order valence-corrected chi connectivity index (χ3v) is 5.19. The van der Waals surface area contributed by atoms with E-state index in [-0.39, 0.29) is 11.3 Å². The second kappa shape index (κ2) is 10.3. The predicted molar refractivity (Wildman–Crippen MR) is 114 cm³/mol. The lowest BCUT2D eigenvalue weighted by atomic mass is 10.0. The van der Waals surface area contributed by atoms with E-state index in [4.69, 9.17) is 10.00 Å². The number of aryl methyl sites for hydroxylation is 3. The Bertz CT molecular complexity index is 1060. The summed E-state index contributed by atoms with van der Waals surface area (Å²) >= 11 is 0. The maximum absolute atomic E-state index is 14.5. The Morgan fingerprint density at radius 1 is 0.812 bits per heavy atom. The van der Waals surface area contributed by atoms with Crippen LogP contribution in [-0.4, -0.2) is 0 Å². The van der Waals surface area contributed by atoms with Crippen LogP contribution in [0.25, 0.3) is 0 Å². The molecule has 0 N–H and O–H groups in total. The molecule has 0 spiro atoms. The second-order valence-electron chi connectivity index (χ2n) is 7.61. The zero-order valence-corrected chi connectivity index (χ0v) is 17.7. The minimum Gasteiger partial charge on any atom is -0.429 e. The Hall–Kier alpha value is -3.33. The Kier molecular flexibility index (Phi) is 7.53. The summed E-state index contributed by atoms with van der Waals surface area (Å²) < 4.78 is 61.4. The van der Waals surface area contributed by atoms with Gasteiger partial charge in [-0.05, 0) is 78.8 Å². The molecule has 0 bridgehead atoms. The molecule has 2 nitrogen and oxygen atoms in total. The smallest absolute Gasteiger partial charge is 0.426 e. The van der Waals surface area contributed by atoms with Crippen LogP contribution >= 0.6 is 0 Å². The quantitative estimate of drug-likeness (QED) is 0.332. The standard InChI is InChI=1S/C26H23F4NO/c1-2-3-4-18-7-11-21(12-8-18)26(29,30)32-22-13-9-19(10-14-22)5-6-20-15-24(27)23(17-31)25(28)16-20/h7-16H,2-6H2,1H3. The van der Waals surface area contributed by atoms with Gasteiger partial charge in [0.2, 0.25) is 0 Å². The largest absolute Gasteiger partial charge is 0.429 e. The average Bonchev–Trinajstić information content (AvgIpc) is 2.77. The highest BCUT2D eigenvalue weighted by atomic mass is 19.3. The van der Waals surface area contributed by atoms with Crippen LogP contribution in [0, 0.1) is 23.0 Å². The number of alkyl halides is 2. The van der Waals surface area contributed by atoms with Crippen molar-refractivity contribution in [1.82, 2.24) is 0 Å². The van der Waals surface area contributed by atoms with Crippen molar-refractivity contribution >= 4 is 0 Å². The van der Waals surface area contributed by atoms with Crippen molar-refractivity contribution < 1.29 is 22.3 Å². The molecule has 0 aliphatic heterocycles. The van der Waals surface area contributed by atoms with Crippen LogP contribution < -0.4 is 4.74 Å². The number of unbranched alkanes of at least 4 members (excludes halogenated alkanes) is 1. The van der Waals surface area contributed by atoms with Crippen LogP contribution in [0.4, 0.5) is 17.6 Å². The molecule has 0 atom stereocenters. The molecular weight excluding hydrogens is 418 g/mol. The van der Waals surface area contributed by atoms with Gasteiger partial charge in [-0.3, -0.25) is 0 Å². The van der Waals surface area contributed by atoms with Crippen molar-refractivity contribution in [3.63, 3.8) is 0 Å². The average molecular weight is 441 g/mol. The van der Waals surface area contributed by atoms with Gasteiger partial charge in [-0.15, -0.1) is 0 Å². The maximum atomic E-state index is 14.5. The number of benzene rings is 3. The highest BCUT2D eigenvalue weighted by Crippen LogP contribution is 2.32. The van der Waals surface area contributed by atoms with Crippen LogP contribution in [0.5, 0.6) is 5.75 Å². The molecule has 0 unspecified atom stereocenters. The molecule has 32 heavy (non-hydrogen) atoms. The van der Waals surface area contributed by atoms with Crippen molar-refractivity contribution in [3.05, 3.63) is 100 Å². The van der Waals surface area contributed by atoms with Crippen molar-refractivity contribution in [1.29, 1.82) is 5.26 Å². The lowest BCUT2D eigenvalue weighted by molar-refractivity contribution is -0.185. The molecule has 3 rings (SSSR count). The number of nitriles is 1. The number of ether oxygens (including phenoxy) is 1. The van der Waals surface area contributed by atoms with Gasteiger partial charge in [-0.1, -0.05) is 37.6 Å². The Balaban J connectivity index is 1.61. The van der Waals surface area contributed by atoms with Gasteiger partial charge in [0.25, 0.3) is 0 Å². The van der Waals surface area contributed by atoms with Gasteiger partial charge >= 0.3 is 6.11 Å². The predicted octanol–water partition coefficient (Wildman–Crippen LogP) is 7.09. The van der Waals surface area contributed by atoms with E-state index in [0.717, 1.165) is 42.5 Å². The molecular formula is C26H23F4NO. The van der Waals surface area contributed by atoms with Crippen LogP contribution in [-0.2, 0) is 25.4 Å². The van der Waals surface area contributed by atoms with Gasteiger partial charge in [0.1, 0.15) is 29.0 Å². The lowest BCUT2D eigenvalue weighted by Gasteiger charge is -2.19. The molecule has 0 aliphatic rings. The fourth-order valence-corrected chi connectivity index (χ4v) is 3.34. The van der Waals surface area contributed by atoms with E-state index in [1.165, 1.54) is 30.3 Å². The number of hydrogen-bond acceptors (Lipinski definition) is 2. The summed E-state index contributed by atoms with van der Waals surface area (Å²) in [5.41, 5.74) is 1.40. The number of nitrogens with zero attached hydrogens (tertiary/aromatic N) is 1. The fraction of sp³-hybridized carbons (Fsp3) is 0.269. The van der Waals surface area contributed by atoms with Gasteiger partial charge in [-0.2, -0.15) is 14.0 Å². The van der Waals surface area contributed by atoms with Crippen molar-refractivity contribution in [2.24, 2.45) is 0 Å². The van der Waals surface area contributed by atoms with E-state index in [0.29, 0.717) is 18.4 Å². The lowest BCUT2D eigenvalue weighted by Crippen LogP contribution is -2.21. The second-order valence-corrected chi connectivity index (χ2v) is 7.61. The SMILES string of the molecule is CCCCc1ccc(C(F)(F)Oc2ccc(CCc3cc(F)c(C#N)c(F)c3)cc2)cc1. The minimum absolute atomic E-state index is 0.0178. The summed E-state index contributed by atoms with van der Waals surface area (Å²) in [5, 5.41) is 8.73. The van der Waals surface area contributed by atoms with Crippen LogP contribution in [0.15, 0.2) is 60.7 Å². The summed E-state index contributed by atoms with van der Waals surface area (Å²) in [7, 11) is 0. The molecule has 3 aromatic carbocycles. The molecule has 0 aromatic heterocycles. The van der Waals surface area contributed by atoms with E-state index < -0.39 is 23.3 Å². The molecule has 0 aliphatic carbocycles. The van der Waals surface area contributed by atoms with Crippen molar-refractivity contribution in [3.8, 4) is 11.8 Å². The molecule has 0 amide bonds. The Morgan fingerprint density at radius 2 is 1.34 bits per heavy atom. The zero-order chi connectivity index (χ0) is 23.1. The first-order chi connectivity index (χ1) is 15.3. The number of rotatable bonds is 9. The van der Waals surface area contributed by atoms with Gasteiger partial charge in [0.15, 0.2) is 0 Å². The fourth-order valence-electron chi connectivity index (χ4n) is 3.34. The van der Waals surface area contributed by atoms with E-state index >= 15 is 0 Å². The third kappa shape index (κ3) is 5.88. The highest BCUT2D eigenvalue weighted by Gasteiger charge is 2.34. The summed E-state index contributed by atoms with van der Waals surface area (Å²) in [6.45, 7) is 2.08. The highest BCUT2D eigenvalue weighted by molar-refractivity contribution is 5.36. The molecule has 0 radical (unpaired) electrons. The number of hydrogen-bond donors (Lipinski definition) is 0. The molecule has 0 heterocycles. The molecule has 6 heteroatoms. The molecule has 0 saturated carbocycles. The summed E-state index contributed by atoms with van der Waals surface area (Å²) in [4.78, 5) is 0. The van der Waals surface area contributed by atoms with E-state index in [1.807, 2.05) is 0 Å². The topological polar surface area (TPSA) is 33.0 Å². The molecule has 166 valence electrons. The zero-order valence-electron chi connectivity index (χ0n) is 17.7. The first-order valence-corrected chi connectivity index (χ1v) is 10.5. The minimum atomic E-state index is -3.47.